The van der Waals surface area contributed by atoms with Crippen LogP contribution in [0.2, 0.25) is 0 Å². The largest absolute Gasteiger partial charge is 0.497 e. The van der Waals surface area contributed by atoms with E-state index in [1.165, 1.54) is 14.2 Å². The van der Waals surface area contributed by atoms with E-state index in [1.807, 2.05) is 0 Å². The third-order valence-corrected chi connectivity index (χ3v) is 7.77. The highest BCUT2D eigenvalue weighted by atomic mass is 35.5. The molecule has 5 aliphatic rings. The molecule has 3 unspecified atom stereocenters. The van der Waals surface area contributed by atoms with Crippen LogP contribution >= 0.6 is 11.6 Å². The Morgan fingerprint density at radius 1 is 1.00 bits per heavy atom. The highest BCUT2D eigenvalue weighted by Crippen LogP contribution is 2.71. The Morgan fingerprint density at radius 2 is 1.60 bits per heavy atom. The van der Waals surface area contributed by atoms with Crippen LogP contribution < -0.4 is 9.47 Å². The van der Waals surface area contributed by atoms with Crippen LogP contribution in [-0.4, -0.2) is 37.5 Å². The number of rotatable bonds is 5. The molecule has 0 N–H and O–H groups in total. The van der Waals surface area contributed by atoms with Gasteiger partial charge in [0.1, 0.15) is 18.1 Å². The van der Waals surface area contributed by atoms with Gasteiger partial charge in [-0.15, -0.1) is 11.6 Å². The molecule has 0 amide bonds. The monoisotopic (exact) mass is 448 g/mol. The molecule has 3 atom stereocenters. The first-order valence-electron chi connectivity index (χ1n) is 10.1. The summed E-state index contributed by atoms with van der Waals surface area (Å²) in [6.07, 6.45) is -0.553. The van der Waals surface area contributed by atoms with Crippen molar-refractivity contribution in [1.29, 1.82) is 0 Å². The van der Waals surface area contributed by atoms with E-state index in [0.717, 1.165) is 19.3 Å². The van der Waals surface area contributed by atoms with Gasteiger partial charge in [-0.1, -0.05) is 0 Å². The summed E-state index contributed by atoms with van der Waals surface area (Å²) in [5.74, 6) is -0.499. The van der Waals surface area contributed by atoms with Crippen molar-refractivity contribution in [2.45, 2.75) is 54.5 Å². The molecule has 30 heavy (non-hydrogen) atoms. The summed E-state index contributed by atoms with van der Waals surface area (Å²) >= 11 is 6.87. The number of alkyl halides is 4. The van der Waals surface area contributed by atoms with Gasteiger partial charge in [0.25, 0.3) is 5.79 Å². The standard InChI is InChI=1S/C21H24ClF3O5/c1-26-16-5-13(6-17(7-16)27-2)21(28-11-19(23,24)25)20(29-30-21)14-3-12-4-15(20)10-18(22,8-12)9-14/h5-7,12,14-15H,3-4,8-11H2,1-2H3. The van der Waals surface area contributed by atoms with Gasteiger partial charge >= 0.3 is 6.18 Å². The molecule has 4 aliphatic carbocycles. The van der Waals surface area contributed by atoms with Crippen LogP contribution in [0.1, 0.15) is 37.7 Å². The Bertz CT molecular complexity index is 808. The minimum Gasteiger partial charge on any atom is -0.497 e. The van der Waals surface area contributed by atoms with Gasteiger partial charge in [-0.25, -0.2) is 4.89 Å². The van der Waals surface area contributed by atoms with Crippen molar-refractivity contribution in [1.82, 2.24) is 0 Å². The SMILES string of the molecule is COc1cc(OC)cc(C2(OCC(F)(F)F)OOC23C2CC4CC3CC(Cl)(C4)C2)c1. The van der Waals surface area contributed by atoms with Gasteiger partial charge in [0, 0.05) is 16.5 Å². The van der Waals surface area contributed by atoms with Crippen molar-refractivity contribution in [2.75, 3.05) is 20.8 Å². The number of halogens is 4. The molecular formula is C21H24ClF3O5. The van der Waals surface area contributed by atoms with E-state index in [-0.39, 0.29) is 16.7 Å². The van der Waals surface area contributed by atoms with Gasteiger partial charge < -0.3 is 14.2 Å². The third kappa shape index (κ3) is 2.87. The summed E-state index contributed by atoms with van der Waals surface area (Å²) in [7, 11) is 2.96. The lowest BCUT2D eigenvalue weighted by Crippen LogP contribution is -2.78. The molecule has 1 spiro atoms. The molecule has 1 aromatic carbocycles. The zero-order chi connectivity index (χ0) is 21.4. The highest BCUT2D eigenvalue weighted by molar-refractivity contribution is 6.24. The Balaban J connectivity index is 1.62. The van der Waals surface area contributed by atoms with Crippen molar-refractivity contribution >= 4 is 11.6 Å². The van der Waals surface area contributed by atoms with Crippen LogP contribution in [0.5, 0.6) is 11.5 Å². The van der Waals surface area contributed by atoms with E-state index in [1.54, 1.807) is 18.2 Å². The van der Waals surface area contributed by atoms with Crippen molar-refractivity contribution < 1.29 is 37.2 Å². The van der Waals surface area contributed by atoms with Crippen molar-refractivity contribution in [3.05, 3.63) is 23.8 Å². The van der Waals surface area contributed by atoms with Gasteiger partial charge in [0.15, 0.2) is 5.60 Å². The van der Waals surface area contributed by atoms with Gasteiger partial charge in [-0.3, -0.25) is 0 Å². The number of benzene rings is 1. The Morgan fingerprint density at radius 3 is 2.03 bits per heavy atom. The van der Waals surface area contributed by atoms with E-state index in [4.69, 9.17) is 35.6 Å². The quantitative estimate of drug-likeness (QED) is 0.471. The van der Waals surface area contributed by atoms with E-state index in [0.29, 0.717) is 35.8 Å². The van der Waals surface area contributed by atoms with Crippen molar-refractivity contribution in [2.24, 2.45) is 17.8 Å². The summed E-state index contributed by atoms with van der Waals surface area (Å²) in [6.45, 7) is -1.45. The molecule has 9 heteroatoms. The average Bonchev–Trinajstić information content (AvgIpc) is 2.65. The zero-order valence-corrected chi connectivity index (χ0v) is 17.5. The fourth-order valence-electron chi connectivity index (χ4n) is 6.43. The summed E-state index contributed by atoms with van der Waals surface area (Å²) in [6, 6.07) is 4.91. The highest BCUT2D eigenvalue weighted by Gasteiger charge is 2.78. The fourth-order valence-corrected chi connectivity index (χ4v) is 7.02. The minimum absolute atomic E-state index is 0.0552. The van der Waals surface area contributed by atoms with Crippen LogP contribution in [0, 0.1) is 17.8 Å². The second kappa shape index (κ2) is 6.64. The minimum atomic E-state index is -4.52. The average molecular weight is 449 g/mol. The van der Waals surface area contributed by atoms with Crippen LogP contribution in [0.3, 0.4) is 0 Å². The number of methoxy groups -OCH3 is 2. The lowest BCUT2D eigenvalue weighted by Gasteiger charge is -2.70. The van der Waals surface area contributed by atoms with E-state index >= 15 is 0 Å². The molecule has 1 saturated heterocycles. The zero-order valence-electron chi connectivity index (χ0n) is 16.8. The van der Waals surface area contributed by atoms with E-state index in [2.05, 4.69) is 0 Å². The first-order valence-corrected chi connectivity index (χ1v) is 10.5. The normalized spacial score (nSPS) is 41.7. The Hall–Kier alpha value is -1.22. The van der Waals surface area contributed by atoms with Crippen molar-refractivity contribution in [3.8, 4) is 11.5 Å². The van der Waals surface area contributed by atoms with Crippen LogP contribution in [0.15, 0.2) is 18.2 Å². The third-order valence-electron chi connectivity index (χ3n) is 7.31. The molecule has 166 valence electrons. The maximum absolute atomic E-state index is 13.2. The lowest BCUT2D eigenvalue weighted by molar-refractivity contribution is -0.650. The van der Waals surface area contributed by atoms with Crippen LogP contribution in [-0.2, 0) is 20.3 Å². The second-order valence-corrected chi connectivity index (χ2v) is 9.88. The van der Waals surface area contributed by atoms with E-state index < -0.39 is 24.2 Å². The number of ether oxygens (including phenoxy) is 3. The fraction of sp³-hybridized carbons (Fsp3) is 0.714. The summed E-state index contributed by atoms with van der Waals surface area (Å²) in [5.41, 5.74) is -0.629. The van der Waals surface area contributed by atoms with Gasteiger partial charge in [0.05, 0.1) is 14.2 Å². The van der Waals surface area contributed by atoms with Gasteiger partial charge in [-0.05, 0) is 62.0 Å². The number of hydrogen-bond acceptors (Lipinski definition) is 5. The molecule has 5 fully saturated rings. The molecule has 4 saturated carbocycles. The van der Waals surface area contributed by atoms with Gasteiger partial charge in [-0.2, -0.15) is 18.1 Å². The molecule has 4 bridgehead atoms. The van der Waals surface area contributed by atoms with Gasteiger partial charge in [0.2, 0.25) is 0 Å². The molecule has 1 heterocycles. The van der Waals surface area contributed by atoms with E-state index in [9.17, 15) is 13.2 Å². The maximum atomic E-state index is 13.2. The lowest BCUT2D eigenvalue weighted by atomic mass is 9.46. The molecule has 1 aliphatic heterocycles. The molecular weight excluding hydrogens is 425 g/mol. The Kier molecular flexibility index (Phi) is 4.57. The summed E-state index contributed by atoms with van der Waals surface area (Å²) in [4.78, 5) is 11.0. The second-order valence-electron chi connectivity index (χ2n) is 9.08. The first kappa shape index (κ1) is 20.7. The van der Waals surface area contributed by atoms with Crippen LogP contribution in [0.25, 0.3) is 0 Å². The molecule has 6 rings (SSSR count). The summed E-state index contributed by atoms with van der Waals surface area (Å²) in [5, 5.41) is 0. The maximum Gasteiger partial charge on any atom is 0.411 e. The molecule has 1 aromatic rings. The first-order chi connectivity index (χ1) is 14.1. The predicted molar refractivity (Wildman–Crippen MR) is 100 cm³/mol. The molecule has 5 nitrogen and oxygen atoms in total. The summed E-state index contributed by atoms with van der Waals surface area (Å²) < 4.78 is 56.0. The predicted octanol–water partition coefficient (Wildman–Crippen LogP) is 4.95. The molecule has 0 aromatic heterocycles. The molecule has 0 radical (unpaired) electrons. The van der Waals surface area contributed by atoms with Crippen molar-refractivity contribution in [3.63, 3.8) is 0 Å². The Labute approximate surface area is 177 Å². The topological polar surface area (TPSA) is 46.2 Å². The smallest absolute Gasteiger partial charge is 0.411 e. The number of hydrogen-bond donors (Lipinski definition) is 0. The van der Waals surface area contributed by atoms with Crippen LogP contribution in [0.4, 0.5) is 13.2 Å².